The largest absolute Gasteiger partial charge is 0.327 e. The van der Waals surface area contributed by atoms with Crippen LogP contribution in [0.1, 0.15) is 6.92 Å². The Morgan fingerprint density at radius 2 is 2.50 bits per heavy atom. The first-order valence-electron chi connectivity index (χ1n) is 4.97. The molecule has 0 amide bonds. The van der Waals surface area contributed by atoms with Crippen molar-refractivity contribution in [3.63, 3.8) is 0 Å². The Bertz CT molecular complexity index is 660. The predicted octanol–water partition coefficient (Wildman–Crippen LogP) is 2.76. The number of fused-ring (bicyclic) bond motifs is 1. The Morgan fingerprint density at radius 1 is 1.72 bits per heavy atom. The normalized spacial score (nSPS) is 11.0. The maximum Gasteiger partial charge on any atom is 0.327 e. The van der Waals surface area contributed by atoms with Crippen LogP contribution in [0.4, 0.5) is 0 Å². The molecule has 92 valence electrons. The molecular weight excluding hydrogens is 322 g/mol. The molecule has 0 aliphatic rings. The second-order valence-electron chi connectivity index (χ2n) is 3.19. The van der Waals surface area contributed by atoms with Gasteiger partial charge in [0.25, 0.3) is 0 Å². The van der Waals surface area contributed by atoms with Crippen molar-refractivity contribution in [2.45, 2.75) is 13.5 Å². The second kappa shape index (κ2) is 5.33. The summed E-state index contributed by atoms with van der Waals surface area (Å²) in [5.74, 6) is 0. The van der Waals surface area contributed by atoms with Gasteiger partial charge in [-0.3, -0.25) is 4.57 Å². The van der Waals surface area contributed by atoms with Crippen molar-refractivity contribution >= 4 is 44.8 Å². The zero-order valence-corrected chi connectivity index (χ0v) is 11.6. The molecule has 2 heterocycles. The molecular formula is C10H7BrClN5O. The Kier molecular flexibility index (Phi) is 3.79. The van der Waals surface area contributed by atoms with E-state index in [9.17, 15) is 0 Å². The van der Waals surface area contributed by atoms with Crippen molar-refractivity contribution in [2.75, 3.05) is 0 Å². The van der Waals surface area contributed by atoms with Gasteiger partial charge in [0.15, 0.2) is 5.15 Å². The van der Waals surface area contributed by atoms with Crippen LogP contribution in [0.15, 0.2) is 15.8 Å². The molecule has 8 heteroatoms. The highest BCUT2D eigenvalue weighted by molar-refractivity contribution is 9.10. The van der Waals surface area contributed by atoms with Gasteiger partial charge < -0.3 is 4.84 Å². The van der Waals surface area contributed by atoms with Crippen LogP contribution in [0.3, 0.4) is 0 Å². The van der Waals surface area contributed by atoms with Gasteiger partial charge in [0.05, 0.1) is 9.99 Å². The SMILES string of the molecule is CCn1c(O/N=C/C#N)nc2c(Cl)ncc(Br)c21. The second-order valence-corrected chi connectivity index (χ2v) is 4.40. The van der Waals surface area contributed by atoms with Crippen LogP contribution in [0.2, 0.25) is 5.15 Å². The van der Waals surface area contributed by atoms with E-state index in [0.29, 0.717) is 12.1 Å². The molecule has 0 aliphatic heterocycles. The number of imidazole rings is 1. The first-order valence-corrected chi connectivity index (χ1v) is 6.14. The number of aromatic nitrogens is 3. The molecule has 0 unspecified atom stereocenters. The van der Waals surface area contributed by atoms with Gasteiger partial charge in [-0.25, -0.2) is 4.98 Å². The van der Waals surface area contributed by atoms with E-state index in [1.54, 1.807) is 16.8 Å². The van der Waals surface area contributed by atoms with Crippen LogP contribution in [0.5, 0.6) is 6.01 Å². The Morgan fingerprint density at radius 3 is 3.17 bits per heavy atom. The van der Waals surface area contributed by atoms with E-state index in [0.717, 1.165) is 16.2 Å². The fourth-order valence-electron chi connectivity index (χ4n) is 1.51. The number of hydrogen-bond acceptors (Lipinski definition) is 5. The van der Waals surface area contributed by atoms with Crippen molar-refractivity contribution in [2.24, 2.45) is 5.16 Å². The minimum Gasteiger partial charge on any atom is -0.316 e. The lowest BCUT2D eigenvalue weighted by Crippen LogP contribution is -1.98. The Balaban J connectivity index is 2.62. The molecule has 2 aromatic rings. The van der Waals surface area contributed by atoms with Crippen molar-refractivity contribution in [3.05, 3.63) is 15.8 Å². The van der Waals surface area contributed by atoms with Gasteiger partial charge in [-0.2, -0.15) is 10.2 Å². The summed E-state index contributed by atoms with van der Waals surface area (Å²) in [7, 11) is 0. The molecule has 0 saturated heterocycles. The summed E-state index contributed by atoms with van der Waals surface area (Å²) in [6.45, 7) is 2.55. The van der Waals surface area contributed by atoms with E-state index in [4.69, 9.17) is 21.7 Å². The van der Waals surface area contributed by atoms with Gasteiger partial charge in [-0.1, -0.05) is 16.8 Å². The minimum atomic E-state index is 0.259. The fourth-order valence-corrected chi connectivity index (χ4v) is 2.20. The Labute approximate surface area is 116 Å². The van der Waals surface area contributed by atoms with E-state index in [-0.39, 0.29) is 11.2 Å². The molecule has 18 heavy (non-hydrogen) atoms. The third-order valence-electron chi connectivity index (χ3n) is 2.21. The smallest absolute Gasteiger partial charge is 0.316 e. The van der Waals surface area contributed by atoms with Gasteiger partial charge in [0, 0.05) is 12.7 Å². The van der Waals surface area contributed by atoms with Gasteiger partial charge in [-0.05, 0) is 22.9 Å². The first-order chi connectivity index (χ1) is 8.69. The Hall–Kier alpha value is -1.65. The van der Waals surface area contributed by atoms with Crippen LogP contribution < -0.4 is 4.84 Å². The van der Waals surface area contributed by atoms with Crippen LogP contribution >= 0.6 is 27.5 Å². The van der Waals surface area contributed by atoms with Gasteiger partial charge in [0.2, 0.25) is 0 Å². The lowest BCUT2D eigenvalue weighted by atomic mass is 10.4. The number of oxime groups is 1. The minimum absolute atomic E-state index is 0.259. The molecule has 2 aromatic heterocycles. The third-order valence-corrected chi connectivity index (χ3v) is 3.06. The number of pyridine rings is 1. The molecule has 0 atom stereocenters. The number of hydrogen-bond donors (Lipinski definition) is 0. The quantitative estimate of drug-likeness (QED) is 0.493. The standard InChI is InChI=1S/C10H7BrClN5O/c1-2-17-8-6(11)5-14-9(12)7(8)16-10(17)18-15-4-3-13/h4-5H,2H2,1H3/b15-4+. The number of aryl methyl sites for hydroxylation is 1. The number of halogens is 2. The summed E-state index contributed by atoms with van der Waals surface area (Å²) in [6, 6.07) is 1.99. The maximum absolute atomic E-state index is 8.35. The molecule has 0 bridgehead atoms. The highest BCUT2D eigenvalue weighted by Gasteiger charge is 2.16. The lowest BCUT2D eigenvalue weighted by Gasteiger charge is -2.03. The van der Waals surface area contributed by atoms with E-state index in [1.165, 1.54) is 0 Å². The molecule has 0 saturated carbocycles. The summed E-state index contributed by atoms with van der Waals surface area (Å²) < 4.78 is 2.54. The molecule has 0 spiro atoms. The molecule has 0 radical (unpaired) electrons. The van der Waals surface area contributed by atoms with Crippen molar-refractivity contribution in [1.29, 1.82) is 5.26 Å². The maximum atomic E-state index is 8.35. The van der Waals surface area contributed by atoms with Gasteiger partial charge >= 0.3 is 6.01 Å². The highest BCUT2D eigenvalue weighted by Crippen LogP contribution is 2.31. The third kappa shape index (κ3) is 2.17. The monoisotopic (exact) mass is 327 g/mol. The van der Waals surface area contributed by atoms with E-state index in [1.807, 2.05) is 6.92 Å². The summed E-state index contributed by atoms with van der Waals surface area (Å²) in [5.41, 5.74) is 1.30. The number of nitrogens with zero attached hydrogens (tertiary/aromatic N) is 5. The molecule has 2 rings (SSSR count). The van der Waals surface area contributed by atoms with Crippen molar-refractivity contribution in [1.82, 2.24) is 14.5 Å². The zero-order chi connectivity index (χ0) is 13.1. The van der Waals surface area contributed by atoms with Crippen LogP contribution in [-0.4, -0.2) is 20.7 Å². The molecule has 0 aliphatic carbocycles. The van der Waals surface area contributed by atoms with Crippen molar-refractivity contribution in [3.8, 4) is 12.1 Å². The first kappa shape index (κ1) is 12.8. The lowest BCUT2D eigenvalue weighted by molar-refractivity contribution is 0.302. The van der Waals surface area contributed by atoms with E-state index < -0.39 is 0 Å². The predicted molar refractivity (Wildman–Crippen MR) is 70.6 cm³/mol. The average Bonchev–Trinajstić information content (AvgIpc) is 2.74. The number of rotatable bonds is 3. The van der Waals surface area contributed by atoms with Gasteiger partial charge in [-0.15, -0.1) is 0 Å². The summed E-state index contributed by atoms with van der Waals surface area (Å²) in [5, 5.41) is 12.1. The fraction of sp³-hybridized carbons (Fsp3) is 0.200. The van der Waals surface area contributed by atoms with E-state index in [2.05, 4.69) is 31.1 Å². The van der Waals surface area contributed by atoms with E-state index >= 15 is 0 Å². The summed E-state index contributed by atoms with van der Waals surface area (Å²) in [6.07, 6.45) is 2.58. The van der Waals surface area contributed by atoms with Gasteiger partial charge in [0.1, 0.15) is 17.8 Å². The molecule has 6 nitrogen and oxygen atoms in total. The molecule has 0 N–H and O–H groups in total. The number of nitriles is 1. The van der Waals surface area contributed by atoms with Crippen molar-refractivity contribution < 1.29 is 4.84 Å². The zero-order valence-electron chi connectivity index (χ0n) is 9.26. The molecule has 0 aromatic carbocycles. The highest BCUT2D eigenvalue weighted by atomic mass is 79.9. The molecule has 0 fully saturated rings. The van der Waals surface area contributed by atoms with Crippen LogP contribution in [0, 0.1) is 11.3 Å². The summed E-state index contributed by atoms with van der Waals surface area (Å²) >= 11 is 9.37. The van der Waals surface area contributed by atoms with Crippen LogP contribution in [0.25, 0.3) is 11.0 Å². The summed E-state index contributed by atoms with van der Waals surface area (Å²) in [4.78, 5) is 13.3. The average molecular weight is 329 g/mol. The topological polar surface area (TPSA) is 76.1 Å². The van der Waals surface area contributed by atoms with Crippen LogP contribution in [-0.2, 0) is 6.54 Å².